The first-order valence-corrected chi connectivity index (χ1v) is 8.15. The second-order valence-corrected chi connectivity index (χ2v) is 7.25. The van der Waals surface area contributed by atoms with Crippen LogP contribution in [-0.4, -0.2) is 30.9 Å². The lowest BCUT2D eigenvalue weighted by atomic mass is 10.2. The molecule has 0 atom stereocenters. The third-order valence-electron chi connectivity index (χ3n) is 2.60. The first-order chi connectivity index (χ1) is 8.73. The van der Waals surface area contributed by atoms with Gasteiger partial charge in [-0.1, -0.05) is 11.6 Å². The van der Waals surface area contributed by atoms with Crippen LogP contribution in [0.3, 0.4) is 0 Å². The molecule has 1 aliphatic heterocycles. The van der Waals surface area contributed by atoms with Crippen molar-refractivity contribution < 1.29 is 21.6 Å². The highest BCUT2D eigenvalue weighted by molar-refractivity contribution is 8.00. The van der Waals surface area contributed by atoms with Gasteiger partial charge in [-0.15, -0.1) is 11.8 Å². The molecule has 106 valence electrons. The van der Waals surface area contributed by atoms with Gasteiger partial charge in [0.15, 0.2) is 0 Å². The van der Waals surface area contributed by atoms with Gasteiger partial charge in [-0.3, -0.25) is 0 Å². The van der Waals surface area contributed by atoms with E-state index < -0.39 is 26.7 Å². The Bertz CT molecular complexity index is 583. The molecule has 0 N–H and O–H groups in total. The van der Waals surface area contributed by atoms with Gasteiger partial charge in [0.2, 0.25) is 10.0 Å². The molecule has 19 heavy (non-hydrogen) atoms. The van der Waals surface area contributed by atoms with Gasteiger partial charge in [0.1, 0.15) is 4.90 Å². The zero-order valence-electron chi connectivity index (χ0n) is 9.45. The Balaban J connectivity index is 2.49. The number of benzene rings is 1. The lowest BCUT2D eigenvalue weighted by molar-refractivity contribution is -0.137. The minimum absolute atomic E-state index is 0.204. The first-order valence-electron chi connectivity index (χ1n) is 5.17. The van der Waals surface area contributed by atoms with Gasteiger partial charge in [0, 0.05) is 12.3 Å². The van der Waals surface area contributed by atoms with Gasteiger partial charge in [0.25, 0.3) is 0 Å². The second-order valence-electron chi connectivity index (χ2n) is 3.86. The van der Waals surface area contributed by atoms with Gasteiger partial charge in [-0.2, -0.15) is 17.5 Å². The Hall–Kier alpha value is -0.440. The van der Waals surface area contributed by atoms with Gasteiger partial charge in [-0.05, 0) is 18.2 Å². The largest absolute Gasteiger partial charge is 0.416 e. The van der Waals surface area contributed by atoms with Crippen LogP contribution in [0.1, 0.15) is 5.56 Å². The first kappa shape index (κ1) is 15.0. The van der Waals surface area contributed by atoms with Crippen molar-refractivity contribution in [3.05, 3.63) is 28.8 Å². The zero-order valence-corrected chi connectivity index (χ0v) is 11.8. The quantitative estimate of drug-likeness (QED) is 0.836. The number of hydrogen-bond donors (Lipinski definition) is 0. The number of alkyl halides is 3. The molecule has 1 aliphatic rings. The van der Waals surface area contributed by atoms with Crippen LogP contribution in [0.15, 0.2) is 23.1 Å². The van der Waals surface area contributed by atoms with Crippen LogP contribution >= 0.6 is 23.4 Å². The van der Waals surface area contributed by atoms with Crippen molar-refractivity contribution >= 4 is 33.4 Å². The molecule has 0 spiro atoms. The van der Waals surface area contributed by atoms with Gasteiger partial charge in [0.05, 0.1) is 16.5 Å². The van der Waals surface area contributed by atoms with Crippen LogP contribution in [0.5, 0.6) is 0 Å². The van der Waals surface area contributed by atoms with E-state index in [2.05, 4.69) is 0 Å². The van der Waals surface area contributed by atoms with E-state index in [4.69, 9.17) is 11.6 Å². The molecular formula is C10H9ClF3NO2S2. The fraction of sp³-hybridized carbons (Fsp3) is 0.400. The Morgan fingerprint density at radius 2 is 2.00 bits per heavy atom. The Labute approximate surface area is 117 Å². The van der Waals surface area contributed by atoms with Gasteiger partial charge >= 0.3 is 6.18 Å². The normalized spacial score (nSPS) is 17.9. The molecule has 1 aromatic carbocycles. The summed E-state index contributed by atoms with van der Waals surface area (Å²) in [5.41, 5.74) is -1.03. The molecule has 0 radical (unpaired) electrons. The number of halogens is 4. The van der Waals surface area contributed by atoms with E-state index in [0.717, 1.165) is 16.4 Å². The van der Waals surface area contributed by atoms with E-state index in [1.54, 1.807) is 0 Å². The van der Waals surface area contributed by atoms with Crippen LogP contribution in [0.2, 0.25) is 5.02 Å². The molecule has 0 unspecified atom stereocenters. The van der Waals surface area contributed by atoms with Crippen LogP contribution in [0.4, 0.5) is 13.2 Å². The summed E-state index contributed by atoms with van der Waals surface area (Å²) in [5, 5.41) is -0.204. The van der Waals surface area contributed by atoms with E-state index in [9.17, 15) is 21.6 Å². The Morgan fingerprint density at radius 1 is 1.32 bits per heavy atom. The van der Waals surface area contributed by atoms with Crippen molar-refractivity contribution in [3.63, 3.8) is 0 Å². The molecular weight excluding hydrogens is 323 g/mol. The highest BCUT2D eigenvalue weighted by atomic mass is 35.5. The van der Waals surface area contributed by atoms with E-state index in [0.29, 0.717) is 11.8 Å². The predicted molar refractivity (Wildman–Crippen MR) is 67.7 cm³/mol. The van der Waals surface area contributed by atoms with Crippen LogP contribution in [0, 0.1) is 0 Å². The van der Waals surface area contributed by atoms with Crippen molar-refractivity contribution in [3.8, 4) is 0 Å². The van der Waals surface area contributed by atoms with E-state index in [1.807, 2.05) is 0 Å². The molecule has 9 heteroatoms. The monoisotopic (exact) mass is 331 g/mol. The minimum Gasteiger partial charge on any atom is -0.207 e. The number of hydrogen-bond acceptors (Lipinski definition) is 3. The molecule has 1 heterocycles. The molecule has 0 saturated carbocycles. The lowest BCUT2D eigenvalue weighted by Crippen LogP contribution is -2.28. The molecule has 1 saturated heterocycles. The maximum Gasteiger partial charge on any atom is 0.416 e. The summed E-state index contributed by atoms with van der Waals surface area (Å²) in [7, 11) is -3.97. The van der Waals surface area contributed by atoms with E-state index in [-0.39, 0.29) is 17.4 Å². The number of nitrogens with zero attached hydrogens (tertiary/aromatic N) is 1. The van der Waals surface area contributed by atoms with Crippen molar-refractivity contribution in [1.29, 1.82) is 0 Å². The average molecular weight is 332 g/mol. The van der Waals surface area contributed by atoms with Crippen molar-refractivity contribution in [1.82, 2.24) is 4.31 Å². The van der Waals surface area contributed by atoms with Crippen molar-refractivity contribution in [2.45, 2.75) is 11.1 Å². The summed E-state index contributed by atoms with van der Waals surface area (Å²) in [4.78, 5) is -0.494. The van der Waals surface area contributed by atoms with E-state index >= 15 is 0 Å². The molecule has 0 bridgehead atoms. The maximum atomic E-state index is 12.6. The Morgan fingerprint density at radius 3 is 2.53 bits per heavy atom. The second kappa shape index (κ2) is 5.16. The molecule has 1 aromatic rings. The fourth-order valence-electron chi connectivity index (χ4n) is 1.60. The molecule has 0 amide bonds. The highest BCUT2D eigenvalue weighted by Crippen LogP contribution is 2.35. The summed E-state index contributed by atoms with van der Waals surface area (Å²) in [6.45, 7) is 0.277. The maximum absolute atomic E-state index is 12.6. The molecule has 1 fully saturated rings. The average Bonchev–Trinajstić information content (AvgIpc) is 2.81. The molecule has 2 rings (SSSR count). The van der Waals surface area contributed by atoms with Crippen LogP contribution in [-0.2, 0) is 16.2 Å². The predicted octanol–water partition coefficient (Wildman–Crippen LogP) is 3.05. The Kier molecular flexibility index (Phi) is 4.06. The van der Waals surface area contributed by atoms with Crippen molar-refractivity contribution in [2.75, 3.05) is 18.2 Å². The zero-order chi connectivity index (χ0) is 14.3. The molecule has 3 nitrogen and oxygen atoms in total. The van der Waals surface area contributed by atoms with Gasteiger partial charge in [-0.25, -0.2) is 8.42 Å². The van der Waals surface area contributed by atoms with Gasteiger partial charge < -0.3 is 0 Å². The fourth-order valence-corrected chi connectivity index (χ4v) is 4.92. The van der Waals surface area contributed by atoms with E-state index in [1.165, 1.54) is 11.8 Å². The van der Waals surface area contributed by atoms with Crippen LogP contribution < -0.4 is 0 Å². The third kappa shape index (κ3) is 3.01. The molecule has 0 aliphatic carbocycles. The summed E-state index contributed by atoms with van der Waals surface area (Å²) < 4.78 is 63.3. The number of sulfonamides is 1. The minimum atomic E-state index is -4.60. The number of thioether (sulfide) groups is 1. The van der Waals surface area contributed by atoms with Crippen molar-refractivity contribution in [2.24, 2.45) is 0 Å². The SMILES string of the molecule is O=S(=O)(c1cc(C(F)(F)F)ccc1Cl)N1CCSC1. The highest BCUT2D eigenvalue weighted by Gasteiger charge is 2.35. The summed E-state index contributed by atoms with van der Waals surface area (Å²) in [6, 6.07) is 2.31. The summed E-state index contributed by atoms with van der Waals surface area (Å²) >= 11 is 7.13. The molecule has 0 aromatic heterocycles. The standard InChI is InChI=1S/C10H9ClF3NO2S2/c11-8-2-1-7(10(12,13)14)5-9(8)19(16,17)15-3-4-18-6-15/h1-2,5H,3-4,6H2. The van der Waals surface area contributed by atoms with Crippen LogP contribution in [0.25, 0.3) is 0 Å². The summed E-state index contributed by atoms with van der Waals surface area (Å²) in [5.74, 6) is 0.852. The lowest BCUT2D eigenvalue weighted by Gasteiger charge is -2.17. The number of rotatable bonds is 2. The topological polar surface area (TPSA) is 37.4 Å². The smallest absolute Gasteiger partial charge is 0.207 e. The summed E-state index contributed by atoms with van der Waals surface area (Å²) in [6.07, 6.45) is -4.60. The third-order valence-corrected chi connectivity index (χ3v) is 6.05.